The fraction of sp³-hybridized carbons (Fsp3) is 0.500. The maximum Gasteiger partial charge on any atom is 0.217 e. The molecule has 0 bridgehead atoms. The van der Waals surface area contributed by atoms with Crippen molar-refractivity contribution in [1.82, 2.24) is 0 Å². The summed E-state index contributed by atoms with van der Waals surface area (Å²) in [6.07, 6.45) is 17.6. The van der Waals surface area contributed by atoms with Crippen LogP contribution in [0, 0.1) is 0 Å². The maximum atomic E-state index is 10.1. The van der Waals surface area contributed by atoms with E-state index in [4.69, 9.17) is 4.74 Å². The Morgan fingerprint density at radius 1 is 0.806 bits per heavy atom. The van der Waals surface area contributed by atoms with Crippen molar-refractivity contribution in [2.24, 2.45) is 0 Å². The molecule has 2 rings (SSSR count). The first-order chi connectivity index (χ1) is 15.2. The smallest absolute Gasteiger partial charge is 0.217 e. The molecule has 0 radical (unpaired) electrons. The molecule has 0 aliphatic heterocycles. The number of ether oxygens (including phenoxy) is 1. The van der Waals surface area contributed by atoms with Gasteiger partial charge < -0.3 is 14.9 Å². The predicted octanol–water partition coefficient (Wildman–Crippen LogP) is 7.35. The lowest BCUT2D eigenvalue weighted by atomic mass is 10.0. The van der Waals surface area contributed by atoms with E-state index in [0.29, 0.717) is 12.2 Å². The summed E-state index contributed by atoms with van der Waals surface area (Å²) in [6, 6.07) is 15.2. The highest BCUT2D eigenvalue weighted by Crippen LogP contribution is 2.18. The summed E-state index contributed by atoms with van der Waals surface area (Å²) in [5.74, 6) is 0.923. The number of phenols is 1. The van der Waals surface area contributed by atoms with Gasteiger partial charge in [-0.05, 0) is 54.7 Å². The second-order valence-electron chi connectivity index (χ2n) is 8.35. The molecule has 2 N–H and O–H groups in total. The van der Waals surface area contributed by atoms with Crippen molar-refractivity contribution in [1.29, 1.82) is 0 Å². The fourth-order valence-corrected chi connectivity index (χ4v) is 3.72. The van der Waals surface area contributed by atoms with Gasteiger partial charge in [-0.2, -0.15) is 0 Å². The van der Waals surface area contributed by atoms with E-state index < -0.39 is 6.29 Å². The summed E-state index contributed by atoms with van der Waals surface area (Å²) < 4.78 is 5.55. The summed E-state index contributed by atoms with van der Waals surface area (Å²) >= 11 is 0. The zero-order valence-electron chi connectivity index (χ0n) is 19.1. The molecule has 0 aliphatic carbocycles. The molecule has 0 aliphatic rings. The fourth-order valence-electron chi connectivity index (χ4n) is 3.72. The van der Waals surface area contributed by atoms with Crippen LogP contribution in [0.5, 0.6) is 11.5 Å². The Kier molecular flexibility index (Phi) is 12.5. The Balaban J connectivity index is 1.57. The molecule has 0 heterocycles. The highest BCUT2D eigenvalue weighted by molar-refractivity contribution is 5.33. The van der Waals surface area contributed by atoms with Crippen molar-refractivity contribution in [3.63, 3.8) is 0 Å². The number of unbranched alkanes of at least 4 members (excludes halogenated alkanes) is 9. The van der Waals surface area contributed by atoms with Crippen LogP contribution in [-0.4, -0.2) is 16.5 Å². The highest BCUT2D eigenvalue weighted by Gasteiger charge is 2.03. The SMILES string of the molecule is CCCCCCCCCCCCc1ccc(OC(O)C=CCc2ccccc2O)cc1. The summed E-state index contributed by atoms with van der Waals surface area (Å²) in [4.78, 5) is 0. The number of para-hydroxylation sites is 1. The van der Waals surface area contributed by atoms with E-state index in [1.54, 1.807) is 24.3 Å². The minimum absolute atomic E-state index is 0.264. The van der Waals surface area contributed by atoms with Crippen molar-refractivity contribution in [3.05, 3.63) is 71.8 Å². The number of benzene rings is 2. The molecule has 0 saturated carbocycles. The molecule has 0 saturated heterocycles. The van der Waals surface area contributed by atoms with Gasteiger partial charge in [0.05, 0.1) is 0 Å². The number of phenolic OH excluding ortho intramolecular Hbond substituents is 1. The van der Waals surface area contributed by atoms with Gasteiger partial charge in [0, 0.05) is 0 Å². The Morgan fingerprint density at radius 3 is 2.06 bits per heavy atom. The van der Waals surface area contributed by atoms with Crippen LogP contribution in [0.1, 0.15) is 82.3 Å². The maximum absolute atomic E-state index is 10.1. The van der Waals surface area contributed by atoms with Gasteiger partial charge in [0.2, 0.25) is 6.29 Å². The molecule has 2 aromatic carbocycles. The van der Waals surface area contributed by atoms with Gasteiger partial charge in [0.25, 0.3) is 0 Å². The van der Waals surface area contributed by atoms with Crippen molar-refractivity contribution < 1.29 is 14.9 Å². The van der Waals surface area contributed by atoms with Crippen LogP contribution in [0.15, 0.2) is 60.7 Å². The largest absolute Gasteiger partial charge is 0.508 e. The molecule has 31 heavy (non-hydrogen) atoms. The van der Waals surface area contributed by atoms with E-state index in [1.165, 1.54) is 69.8 Å². The Labute approximate surface area is 188 Å². The summed E-state index contributed by atoms with van der Waals surface area (Å²) in [7, 11) is 0. The lowest BCUT2D eigenvalue weighted by molar-refractivity contribution is 0.0246. The molecule has 1 unspecified atom stereocenters. The zero-order chi connectivity index (χ0) is 22.2. The molecule has 0 aromatic heterocycles. The van der Waals surface area contributed by atoms with Gasteiger partial charge in [-0.15, -0.1) is 0 Å². The number of allylic oxidation sites excluding steroid dienone is 1. The van der Waals surface area contributed by atoms with E-state index in [-0.39, 0.29) is 5.75 Å². The van der Waals surface area contributed by atoms with Gasteiger partial charge in [0.1, 0.15) is 11.5 Å². The van der Waals surface area contributed by atoms with Crippen LogP contribution in [-0.2, 0) is 12.8 Å². The third-order valence-electron chi connectivity index (χ3n) is 5.63. The first-order valence-corrected chi connectivity index (χ1v) is 12.1. The molecular weight excluding hydrogens is 384 g/mol. The van der Waals surface area contributed by atoms with Crippen molar-refractivity contribution in [2.75, 3.05) is 0 Å². The molecule has 1 atom stereocenters. The van der Waals surface area contributed by atoms with Crippen LogP contribution in [0.2, 0.25) is 0 Å². The van der Waals surface area contributed by atoms with Crippen LogP contribution in [0.3, 0.4) is 0 Å². The number of rotatable bonds is 16. The molecular formula is C28H40O3. The molecule has 2 aromatic rings. The summed E-state index contributed by atoms with van der Waals surface area (Å²) in [6.45, 7) is 2.27. The second-order valence-corrected chi connectivity index (χ2v) is 8.35. The van der Waals surface area contributed by atoms with Crippen LogP contribution < -0.4 is 4.74 Å². The zero-order valence-corrected chi connectivity index (χ0v) is 19.1. The van der Waals surface area contributed by atoms with E-state index in [0.717, 1.165) is 12.0 Å². The monoisotopic (exact) mass is 424 g/mol. The molecule has 0 spiro atoms. The summed E-state index contributed by atoms with van der Waals surface area (Å²) in [5.41, 5.74) is 2.14. The number of aromatic hydroxyl groups is 1. The summed E-state index contributed by atoms with van der Waals surface area (Å²) in [5, 5.41) is 19.8. The molecule has 170 valence electrons. The number of hydrogen-bond donors (Lipinski definition) is 2. The lowest BCUT2D eigenvalue weighted by Crippen LogP contribution is -2.11. The lowest BCUT2D eigenvalue weighted by Gasteiger charge is -2.10. The Morgan fingerprint density at radius 2 is 1.42 bits per heavy atom. The third-order valence-corrected chi connectivity index (χ3v) is 5.63. The first-order valence-electron chi connectivity index (χ1n) is 12.1. The van der Waals surface area contributed by atoms with Crippen molar-refractivity contribution in [3.8, 4) is 11.5 Å². The topological polar surface area (TPSA) is 49.7 Å². The van der Waals surface area contributed by atoms with Crippen LogP contribution >= 0.6 is 0 Å². The Bertz CT molecular complexity index is 736. The number of aryl methyl sites for hydroxylation is 1. The molecule has 0 fully saturated rings. The van der Waals surface area contributed by atoms with Crippen molar-refractivity contribution in [2.45, 2.75) is 90.3 Å². The predicted molar refractivity (Wildman–Crippen MR) is 130 cm³/mol. The highest BCUT2D eigenvalue weighted by atomic mass is 16.6. The van der Waals surface area contributed by atoms with Crippen LogP contribution in [0.4, 0.5) is 0 Å². The van der Waals surface area contributed by atoms with Crippen molar-refractivity contribution >= 4 is 0 Å². The minimum atomic E-state index is -1.00. The average molecular weight is 425 g/mol. The van der Waals surface area contributed by atoms with E-state index in [9.17, 15) is 10.2 Å². The van der Waals surface area contributed by atoms with E-state index in [2.05, 4.69) is 19.1 Å². The van der Waals surface area contributed by atoms with Gasteiger partial charge in [-0.1, -0.05) is 101 Å². The molecule has 0 amide bonds. The standard InChI is InChI=1S/C28H40O3/c1-2-3-4-5-6-7-8-9-10-11-15-24-20-22-26(23-21-24)31-28(30)19-14-17-25-16-12-13-18-27(25)29/h12-14,16,18-23,28-30H,2-11,15,17H2,1H3. The third kappa shape index (κ3) is 11.1. The Hall–Kier alpha value is -2.26. The minimum Gasteiger partial charge on any atom is -0.508 e. The first kappa shape index (κ1) is 25.0. The van der Waals surface area contributed by atoms with Gasteiger partial charge >= 0.3 is 0 Å². The normalized spacial score (nSPS) is 12.3. The second kappa shape index (κ2) is 15.5. The van der Waals surface area contributed by atoms with Crippen LogP contribution in [0.25, 0.3) is 0 Å². The number of aliphatic hydroxyl groups excluding tert-OH is 1. The van der Waals surface area contributed by atoms with Gasteiger partial charge in [0.15, 0.2) is 0 Å². The van der Waals surface area contributed by atoms with E-state index >= 15 is 0 Å². The molecule has 3 heteroatoms. The van der Waals surface area contributed by atoms with E-state index in [1.807, 2.05) is 24.3 Å². The quantitative estimate of drug-likeness (QED) is 0.168. The average Bonchev–Trinajstić information content (AvgIpc) is 2.77. The number of aliphatic hydroxyl groups is 1. The van der Waals surface area contributed by atoms with Gasteiger partial charge in [-0.3, -0.25) is 0 Å². The van der Waals surface area contributed by atoms with Gasteiger partial charge in [-0.25, -0.2) is 0 Å². The molecule has 3 nitrogen and oxygen atoms in total. The number of hydrogen-bond acceptors (Lipinski definition) is 3.